The van der Waals surface area contributed by atoms with Crippen molar-refractivity contribution in [3.63, 3.8) is 0 Å². The predicted molar refractivity (Wildman–Crippen MR) is 270 cm³/mol. The average Bonchev–Trinajstić information content (AvgIpc) is 4.17. The van der Waals surface area contributed by atoms with E-state index in [0.717, 1.165) is 49.5 Å². The first-order valence-electron chi connectivity index (χ1n) is 21.6. The monoisotopic (exact) mass is 902 g/mol. The summed E-state index contributed by atoms with van der Waals surface area (Å²) in [5, 5.41) is 14.4. The summed E-state index contributed by atoms with van der Waals surface area (Å²) in [6, 6.07) is 80.8. The minimum atomic E-state index is 0.630. The fourth-order valence-corrected chi connectivity index (χ4v) is 8.68. The van der Waals surface area contributed by atoms with Gasteiger partial charge in [-0.15, -0.1) is 10.2 Å². The number of aromatic nitrogens is 6. The van der Waals surface area contributed by atoms with Crippen LogP contribution in [0.15, 0.2) is 235 Å². The lowest BCUT2D eigenvalue weighted by Gasteiger charge is -2.10. The van der Waals surface area contributed by atoms with Gasteiger partial charge in [-0.3, -0.25) is 0 Å². The summed E-state index contributed by atoms with van der Waals surface area (Å²) in [5.74, 6) is 0.680. The Hall–Kier alpha value is -8.13. The Labute approximate surface area is 386 Å². The van der Waals surface area contributed by atoms with Crippen LogP contribution in [0.4, 0.5) is 0 Å². The van der Waals surface area contributed by atoms with Crippen molar-refractivity contribution in [2.24, 2.45) is 0 Å². The van der Waals surface area contributed by atoms with Crippen molar-refractivity contribution in [1.82, 2.24) is 30.6 Å². The zero-order chi connectivity index (χ0) is 43.8. The summed E-state index contributed by atoms with van der Waals surface area (Å²) < 4.78 is 1.08. The Kier molecular flexibility index (Phi) is 12.0. The molecular weight excluding hydrogens is 861 g/mol. The molecule has 0 aliphatic carbocycles. The molecule has 3 heterocycles. The van der Waals surface area contributed by atoms with E-state index in [4.69, 9.17) is 0 Å². The van der Waals surface area contributed by atoms with Gasteiger partial charge in [0.2, 0.25) is 0 Å². The maximum absolute atomic E-state index is 4.10. The van der Waals surface area contributed by atoms with Crippen LogP contribution in [0.1, 0.15) is 11.4 Å². The van der Waals surface area contributed by atoms with Crippen molar-refractivity contribution in [2.45, 2.75) is 6.42 Å². The predicted octanol–water partition coefficient (Wildman–Crippen LogP) is 15.2. The molecule has 0 radical (unpaired) electrons. The third kappa shape index (κ3) is 9.18. The van der Waals surface area contributed by atoms with Crippen molar-refractivity contribution in [2.75, 3.05) is 0 Å². The van der Waals surface area contributed by atoms with Crippen LogP contribution in [0.5, 0.6) is 0 Å². The molecule has 3 aromatic heterocycles. The molecule has 3 N–H and O–H groups in total. The average molecular weight is 904 g/mol. The molecule has 0 atom stereocenters. The quantitative estimate of drug-likeness (QED) is 0.128. The van der Waals surface area contributed by atoms with Crippen molar-refractivity contribution in [1.29, 1.82) is 0 Å². The number of hydrogen-bond donors (Lipinski definition) is 3. The lowest BCUT2D eigenvalue weighted by molar-refractivity contribution is 0.881. The molecule has 0 fully saturated rings. The normalized spacial score (nSPS) is 10.9. The molecule has 0 aliphatic rings. The summed E-state index contributed by atoms with van der Waals surface area (Å²) in [4.78, 5) is 7.47. The Morgan fingerprint density at radius 3 is 1.25 bits per heavy atom. The smallest absolute Gasteiger partial charge is 0.178 e. The number of nitrogens with one attached hydrogen (secondary N) is 3. The molecule has 0 bridgehead atoms. The van der Waals surface area contributed by atoms with Crippen LogP contribution < -0.4 is 0 Å². The van der Waals surface area contributed by atoms with Crippen LogP contribution in [0.3, 0.4) is 0 Å². The van der Waals surface area contributed by atoms with Crippen molar-refractivity contribution < 1.29 is 0 Å². The molecule has 0 saturated heterocycles. The number of H-pyrrole nitrogens is 3. The fourth-order valence-electron chi connectivity index (χ4n) is 8.41. The zero-order valence-corrected chi connectivity index (χ0v) is 37.0. The molecule has 8 aromatic carbocycles. The van der Waals surface area contributed by atoms with Crippen molar-refractivity contribution in [3.05, 3.63) is 246 Å². The van der Waals surface area contributed by atoms with E-state index in [1.165, 1.54) is 50.1 Å². The van der Waals surface area contributed by atoms with Gasteiger partial charge in [-0.05, 0) is 74.3 Å². The Bertz CT molecular complexity index is 3150. The number of hydrogen-bond acceptors (Lipinski definition) is 3. The highest BCUT2D eigenvalue weighted by Crippen LogP contribution is 2.41. The summed E-state index contributed by atoms with van der Waals surface area (Å²) in [6.45, 7) is 0. The van der Waals surface area contributed by atoms with Crippen LogP contribution in [-0.4, -0.2) is 30.6 Å². The van der Waals surface area contributed by atoms with Crippen molar-refractivity contribution >= 4 is 15.9 Å². The van der Waals surface area contributed by atoms with Gasteiger partial charge < -0.3 is 9.97 Å². The van der Waals surface area contributed by atoms with Crippen molar-refractivity contribution in [3.8, 4) is 89.5 Å². The van der Waals surface area contributed by atoms with E-state index in [9.17, 15) is 0 Å². The highest BCUT2D eigenvalue weighted by molar-refractivity contribution is 9.10. The molecular formula is C58H43BrN6. The number of nitrogens with zero attached hydrogens (tertiary/aromatic N) is 3. The van der Waals surface area contributed by atoms with Crippen LogP contribution in [0, 0.1) is 0 Å². The van der Waals surface area contributed by atoms with Gasteiger partial charge >= 0.3 is 0 Å². The SMILES string of the molecule is Brc1ccc(-c2ccccc2-c2cc(-c3ccccc3)c(-c3ccccc3)[nH]2)cc1.c1ccc(-c2cc(-c3ccccc3-c3cccc(Cc4nn[nH]n4)c3)[nH]c2-c2ccccc2)cc1. The topological polar surface area (TPSA) is 86.0 Å². The minimum Gasteiger partial charge on any atom is -0.354 e. The molecule has 312 valence electrons. The molecule has 11 aromatic rings. The first-order chi connectivity index (χ1) is 32.1. The highest BCUT2D eigenvalue weighted by atomic mass is 79.9. The number of rotatable bonds is 10. The molecule has 7 heteroatoms. The van der Waals surface area contributed by atoms with E-state index in [1.54, 1.807) is 0 Å². The second kappa shape index (κ2) is 19.1. The van der Waals surface area contributed by atoms with Crippen LogP contribution >= 0.6 is 15.9 Å². The van der Waals surface area contributed by atoms with E-state index in [0.29, 0.717) is 12.2 Å². The zero-order valence-electron chi connectivity index (χ0n) is 35.4. The lowest BCUT2D eigenvalue weighted by Crippen LogP contribution is -1.92. The van der Waals surface area contributed by atoms with Gasteiger partial charge in [0.15, 0.2) is 5.82 Å². The maximum Gasteiger partial charge on any atom is 0.178 e. The summed E-state index contributed by atoms with van der Waals surface area (Å²) >= 11 is 3.54. The maximum atomic E-state index is 4.10. The number of tetrazole rings is 1. The van der Waals surface area contributed by atoms with Gasteiger partial charge in [-0.2, -0.15) is 5.21 Å². The number of halogens is 1. The highest BCUT2D eigenvalue weighted by Gasteiger charge is 2.18. The van der Waals surface area contributed by atoms with Gasteiger partial charge in [-0.1, -0.05) is 227 Å². The molecule has 65 heavy (non-hydrogen) atoms. The third-order valence-corrected chi connectivity index (χ3v) is 12.0. The third-order valence-electron chi connectivity index (χ3n) is 11.5. The molecule has 6 nitrogen and oxygen atoms in total. The van der Waals surface area contributed by atoms with Gasteiger partial charge in [-0.25, -0.2) is 0 Å². The molecule has 0 aliphatic heterocycles. The van der Waals surface area contributed by atoms with E-state index in [2.05, 4.69) is 271 Å². The number of benzene rings is 8. The first-order valence-corrected chi connectivity index (χ1v) is 22.4. The lowest BCUT2D eigenvalue weighted by atomic mass is 9.95. The van der Waals surface area contributed by atoms with Crippen LogP contribution in [0.25, 0.3) is 89.5 Å². The number of aromatic amines is 3. The summed E-state index contributed by atoms with van der Waals surface area (Å²) in [5.41, 5.74) is 19.8. The first kappa shape index (κ1) is 40.9. The van der Waals surface area contributed by atoms with E-state index >= 15 is 0 Å². The molecule has 0 saturated carbocycles. The van der Waals surface area contributed by atoms with Crippen LogP contribution in [0.2, 0.25) is 0 Å². The molecule has 0 spiro atoms. The largest absolute Gasteiger partial charge is 0.354 e. The molecule has 0 unspecified atom stereocenters. The summed E-state index contributed by atoms with van der Waals surface area (Å²) in [6.07, 6.45) is 0.630. The fraction of sp³-hybridized carbons (Fsp3) is 0.0172. The van der Waals surface area contributed by atoms with Gasteiger partial charge in [0.05, 0.1) is 11.4 Å². The second-order valence-corrected chi connectivity index (χ2v) is 16.6. The van der Waals surface area contributed by atoms with Gasteiger partial charge in [0.25, 0.3) is 0 Å². The Balaban J connectivity index is 0.000000155. The molecule has 0 amide bonds. The van der Waals surface area contributed by atoms with E-state index < -0.39 is 0 Å². The van der Waals surface area contributed by atoms with Gasteiger partial charge in [0.1, 0.15) is 0 Å². The van der Waals surface area contributed by atoms with Crippen LogP contribution in [-0.2, 0) is 6.42 Å². The van der Waals surface area contributed by atoms with E-state index in [1.807, 2.05) is 6.07 Å². The Morgan fingerprint density at radius 2 is 0.769 bits per heavy atom. The van der Waals surface area contributed by atoms with E-state index in [-0.39, 0.29) is 0 Å². The molecule has 11 rings (SSSR count). The summed E-state index contributed by atoms with van der Waals surface area (Å²) in [7, 11) is 0. The minimum absolute atomic E-state index is 0.630. The Morgan fingerprint density at radius 1 is 0.354 bits per heavy atom. The second-order valence-electron chi connectivity index (χ2n) is 15.7. The standard InChI is InChI=1S/C30H23N5.C28H20BrN/c1-3-11-22(12-4-1)27-20-28(31-30(27)23-13-5-2-6-14-23)26-17-8-7-16-25(26)24-15-9-10-21(18-24)19-29-32-34-35-33-29;29-23-17-15-21(16-18-23)24-13-7-8-14-25(24)27-19-26(20-9-3-1-4-10-20)28(30-27)22-11-5-2-6-12-22/h1-18,20,31H,19H2,(H,32,33,34,35);1-19,30H. The van der Waals surface area contributed by atoms with Gasteiger partial charge in [0, 0.05) is 44.5 Å².